The molecule has 1 aromatic carbocycles. The van der Waals surface area contributed by atoms with E-state index in [1.807, 2.05) is 13.8 Å². The van der Waals surface area contributed by atoms with Gasteiger partial charge in [-0.3, -0.25) is 10.2 Å². The van der Waals surface area contributed by atoms with E-state index >= 15 is 0 Å². The molecule has 0 aliphatic heterocycles. The average Bonchev–Trinajstić information content (AvgIpc) is 2.25. The van der Waals surface area contributed by atoms with Gasteiger partial charge in [0, 0.05) is 11.6 Å². The first-order valence-electron chi connectivity index (χ1n) is 5.04. The number of hydrazine groups is 1. The number of ether oxygens (including phenoxy) is 1. The van der Waals surface area contributed by atoms with E-state index in [1.165, 1.54) is 19.2 Å². The molecule has 0 heterocycles. The SMILES string of the molecule is COc1c(Cl)cc(C(=O)NNC(C)C)cc1Cl.Cl. The number of methoxy groups -OCH3 is 1. The summed E-state index contributed by atoms with van der Waals surface area (Å²) in [5.41, 5.74) is 5.71. The highest BCUT2D eigenvalue weighted by molar-refractivity contribution is 6.37. The van der Waals surface area contributed by atoms with Crippen molar-refractivity contribution in [3.05, 3.63) is 27.7 Å². The molecule has 0 aliphatic carbocycles. The molecule has 0 aliphatic rings. The van der Waals surface area contributed by atoms with Gasteiger partial charge in [0.1, 0.15) is 0 Å². The van der Waals surface area contributed by atoms with Gasteiger partial charge in [-0.2, -0.15) is 0 Å². The van der Waals surface area contributed by atoms with Gasteiger partial charge in [-0.25, -0.2) is 5.43 Å². The molecule has 1 amide bonds. The molecule has 0 aromatic heterocycles. The van der Waals surface area contributed by atoms with Crippen LogP contribution in [0.15, 0.2) is 12.1 Å². The normalized spacial score (nSPS) is 9.89. The van der Waals surface area contributed by atoms with Crippen LogP contribution >= 0.6 is 35.6 Å². The van der Waals surface area contributed by atoms with Crippen LogP contribution in [0.5, 0.6) is 5.75 Å². The maximum atomic E-state index is 11.7. The molecule has 0 saturated carbocycles. The van der Waals surface area contributed by atoms with E-state index in [0.717, 1.165) is 0 Å². The lowest BCUT2D eigenvalue weighted by Gasteiger charge is -2.11. The van der Waals surface area contributed by atoms with Crippen LogP contribution in [0.25, 0.3) is 0 Å². The maximum absolute atomic E-state index is 11.7. The molecule has 102 valence electrons. The van der Waals surface area contributed by atoms with Gasteiger partial charge >= 0.3 is 0 Å². The summed E-state index contributed by atoms with van der Waals surface area (Å²) in [5, 5.41) is 0.601. The Labute approximate surface area is 122 Å². The zero-order chi connectivity index (χ0) is 13.0. The van der Waals surface area contributed by atoms with Crippen LogP contribution in [-0.2, 0) is 0 Å². The molecule has 7 heteroatoms. The van der Waals surface area contributed by atoms with Gasteiger partial charge < -0.3 is 4.74 Å². The lowest BCUT2D eigenvalue weighted by atomic mass is 10.2. The van der Waals surface area contributed by atoms with E-state index in [1.54, 1.807) is 0 Å². The van der Waals surface area contributed by atoms with Gasteiger partial charge in [-0.15, -0.1) is 12.4 Å². The molecule has 0 atom stereocenters. The first-order valence-corrected chi connectivity index (χ1v) is 5.80. The predicted octanol–water partition coefficient (Wildman–Crippen LogP) is 3.07. The maximum Gasteiger partial charge on any atom is 0.265 e. The minimum atomic E-state index is -0.301. The Kier molecular flexibility index (Phi) is 7.40. The number of nitrogens with one attached hydrogen (secondary N) is 2. The second-order valence-electron chi connectivity index (χ2n) is 3.73. The zero-order valence-corrected chi connectivity index (χ0v) is 12.5. The van der Waals surface area contributed by atoms with Crippen LogP contribution in [0.3, 0.4) is 0 Å². The van der Waals surface area contributed by atoms with Crippen molar-refractivity contribution < 1.29 is 9.53 Å². The molecule has 0 spiro atoms. The molecule has 1 aromatic rings. The van der Waals surface area contributed by atoms with Crippen molar-refractivity contribution in [1.29, 1.82) is 0 Å². The first-order chi connectivity index (χ1) is 7.95. The number of rotatable bonds is 4. The van der Waals surface area contributed by atoms with Gasteiger partial charge in [-0.1, -0.05) is 23.2 Å². The number of hydrogen-bond donors (Lipinski definition) is 2. The average molecular weight is 314 g/mol. The standard InChI is InChI=1S/C11H14Cl2N2O2.ClH/c1-6(2)14-15-11(16)7-4-8(12)10(17-3)9(13)5-7;/h4-6,14H,1-3H3,(H,15,16);1H. The number of carbonyl (C=O) groups is 1. The van der Waals surface area contributed by atoms with E-state index in [9.17, 15) is 4.79 Å². The Morgan fingerprint density at radius 1 is 1.28 bits per heavy atom. The molecular weight excluding hydrogens is 298 g/mol. The quantitative estimate of drug-likeness (QED) is 0.840. The minimum absolute atomic E-state index is 0. The molecule has 1 rings (SSSR count). The third kappa shape index (κ3) is 4.53. The Morgan fingerprint density at radius 2 is 1.78 bits per heavy atom. The molecule has 2 N–H and O–H groups in total. The summed E-state index contributed by atoms with van der Waals surface area (Å²) in [5.74, 6) is 0.0619. The van der Waals surface area contributed by atoms with Crippen molar-refractivity contribution in [1.82, 2.24) is 10.9 Å². The highest BCUT2D eigenvalue weighted by Gasteiger charge is 2.13. The Hall–Kier alpha value is -0.680. The molecule has 0 fully saturated rings. The number of hydrogen-bond acceptors (Lipinski definition) is 3. The van der Waals surface area contributed by atoms with Crippen LogP contribution < -0.4 is 15.6 Å². The fourth-order valence-corrected chi connectivity index (χ4v) is 1.81. The van der Waals surface area contributed by atoms with E-state index in [4.69, 9.17) is 27.9 Å². The zero-order valence-electron chi connectivity index (χ0n) is 10.2. The highest BCUT2D eigenvalue weighted by Crippen LogP contribution is 2.33. The second kappa shape index (κ2) is 7.69. The largest absolute Gasteiger partial charge is 0.494 e. The molecule has 18 heavy (non-hydrogen) atoms. The third-order valence-electron chi connectivity index (χ3n) is 1.94. The third-order valence-corrected chi connectivity index (χ3v) is 2.50. The highest BCUT2D eigenvalue weighted by atomic mass is 35.5. The summed E-state index contributed by atoms with van der Waals surface area (Å²) in [4.78, 5) is 11.7. The van der Waals surface area contributed by atoms with E-state index in [-0.39, 0.29) is 24.4 Å². The summed E-state index contributed by atoms with van der Waals surface area (Å²) in [6.07, 6.45) is 0. The van der Waals surface area contributed by atoms with Gasteiger partial charge in [0.25, 0.3) is 5.91 Å². The Balaban J connectivity index is 0.00000289. The molecular formula is C11H15Cl3N2O2. The van der Waals surface area contributed by atoms with E-state index in [2.05, 4.69) is 10.9 Å². The van der Waals surface area contributed by atoms with Gasteiger partial charge in [0.2, 0.25) is 0 Å². The number of halogens is 3. The van der Waals surface area contributed by atoms with Crippen LogP contribution in [0, 0.1) is 0 Å². The molecule has 0 radical (unpaired) electrons. The summed E-state index contributed by atoms with van der Waals surface area (Å²) in [6.45, 7) is 3.82. The summed E-state index contributed by atoms with van der Waals surface area (Å²) >= 11 is 11.9. The number of benzene rings is 1. The fourth-order valence-electron chi connectivity index (χ4n) is 1.17. The topological polar surface area (TPSA) is 50.4 Å². The predicted molar refractivity (Wildman–Crippen MR) is 76.0 cm³/mol. The smallest absolute Gasteiger partial charge is 0.265 e. The van der Waals surface area contributed by atoms with Crippen molar-refractivity contribution in [3.63, 3.8) is 0 Å². The lowest BCUT2D eigenvalue weighted by molar-refractivity contribution is 0.0927. The Morgan fingerprint density at radius 3 is 2.17 bits per heavy atom. The number of amides is 1. The van der Waals surface area contributed by atoms with Crippen LogP contribution in [0.4, 0.5) is 0 Å². The molecule has 0 unspecified atom stereocenters. The van der Waals surface area contributed by atoms with Crippen LogP contribution in [-0.4, -0.2) is 19.1 Å². The van der Waals surface area contributed by atoms with Gasteiger partial charge in [-0.05, 0) is 26.0 Å². The van der Waals surface area contributed by atoms with Crippen molar-refractivity contribution in [3.8, 4) is 5.75 Å². The molecule has 4 nitrogen and oxygen atoms in total. The van der Waals surface area contributed by atoms with Crippen molar-refractivity contribution >= 4 is 41.5 Å². The van der Waals surface area contributed by atoms with Gasteiger partial charge in [0.15, 0.2) is 5.75 Å². The monoisotopic (exact) mass is 312 g/mol. The molecule has 0 bridgehead atoms. The minimum Gasteiger partial charge on any atom is -0.494 e. The number of carbonyl (C=O) groups excluding carboxylic acids is 1. The fraction of sp³-hybridized carbons (Fsp3) is 0.364. The summed E-state index contributed by atoms with van der Waals surface area (Å²) < 4.78 is 5.00. The molecule has 0 saturated heterocycles. The van der Waals surface area contributed by atoms with Crippen molar-refractivity contribution in [2.45, 2.75) is 19.9 Å². The van der Waals surface area contributed by atoms with Crippen LogP contribution in [0.1, 0.15) is 24.2 Å². The summed E-state index contributed by atoms with van der Waals surface area (Å²) in [6, 6.07) is 3.15. The van der Waals surface area contributed by atoms with E-state index < -0.39 is 0 Å². The first kappa shape index (κ1) is 17.3. The summed E-state index contributed by atoms with van der Waals surface area (Å²) in [7, 11) is 1.47. The van der Waals surface area contributed by atoms with Crippen molar-refractivity contribution in [2.75, 3.05) is 7.11 Å². The van der Waals surface area contributed by atoms with Gasteiger partial charge in [0.05, 0.1) is 17.2 Å². The second-order valence-corrected chi connectivity index (χ2v) is 4.54. The Bertz CT molecular complexity index is 402. The van der Waals surface area contributed by atoms with Crippen LogP contribution in [0.2, 0.25) is 10.0 Å². The van der Waals surface area contributed by atoms with E-state index in [0.29, 0.717) is 21.4 Å². The van der Waals surface area contributed by atoms with Crippen molar-refractivity contribution in [2.24, 2.45) is 0 Å². The lowest BCUT2D eigenvalue weighted by Crippen LogP contribution is -2.41.